The summed E-state index contributed by atoms with van der Waals surface area (Å²) in [6.07, 6.45) is 3.60. The molecule has 6 heteroatoms. The fourth-order valence-electron chi connectivity index (χ4n) is 3.44. The van der Waals surface area contributed by atoms with Gasteiger partial charge in [-0.2, -0.15) is 0 Å². The van der Waals surface area contributed by atoms with Crippen molar-refractivity contribution in [1.29, 1.82) is 5.41 Å². The first-order valence-electron chi connectivity index (χ1n) is 9.25. The highest BCUT2D eigenvalue weighted by molar-refractivity contribution is 5.95. The van der Waals surface area contributed by atoms with Crippen molar-refractivity contribution < 1.29 is 9.15 Å². The molecule has 2 aromatic carbocycles. The fourth-order valence-corrected chi connectivity index (χ4v) is 3.44. The van der Waals surface area contributed by atoms with Crippen LogP contribution in [0.5, 0.6) is 5.75 Å². The highest BCUT2D eigenvalue weighted by atomic mass is 16.5. The number of pyridine rings is 1. The lowest BCUT2D eigenvalue weighted by atomic mass is 10.0. The van der Waals surface area contributed by atoms with Crippen LogP contribution >= 0.6 is 0 Å². The van der Waals surface area contributed by atoms with E-state index in [0.29, 0.717) is 23.7 Å². The summed E-state index contributed by atoms with van der Waals surface area (Å²) < 4.78 is 11.5. The van der Waals surface area contributed by atoms with Gasteiger partial charge in [-0.25, -0.2) is 0 Å². The van der Waals surface area contributed by atoms with E-state index in [1.54, 1.807) is 18.2 Å². The van der Waals surface area contributed by atoms with Crippen molar-refractivity contribution in [3.63, 3.8) is 0 Å². The Morgan fingerprint density at radius 1 is 1.17 bits per heavy atom. The van der Waals surface area contributed by atoms with Crippen LogP contribution in [0, 0.1) is 12.3 Å². The second-order valence-electron chi connectivity index (χ2n) is 6.80. The molecule has 0 aliphatic carbocycles. The Balaban J connectivity index is 1.77. The van der Waals surface area contributed by atoms with E-state index in [9.17, 15) is 0 Å². The molecule has 2 aromatic heterocycles. The molecule has 0 atom stereocenters. The van der Waals surface area contributed by atoms with Crippen LogP contribution in [-0.4, -0.2) is 18.1 Å². The molecule has 0 bridgehead atoms. The molecule has 2 heterocycles. The van der Waals surface area contributed by atoms with Crippen LogP contribution in [0.25, 0.3) is 22.1 Å². The Hall–Kier alpha value is -3.80. The zero-order valence-electron chi connectivity index (χ0n) is 16.3. The van der Waals surface area contributed by atoms with Crippen molar-refractivity contribution in [3.8, 4) is 16.9 Å². The van der Waals surface area contributed by atoms with Crippen LogP contribution in [0.3, 0.4) is 0 Å². The number of fused-ring (bicyclic) bond motifs is 1. The van der Waals surface area contributed by atoms with E-state index in [2.05, 4.69) is 4.98 Å². The smallest absolute Gasteiger partial charge is 0.193 e. The van der Waals surface area contributed by atoms with Gasteiger partial charge < -0.3 is 19.8 Å². The van der Waals surface area contributed by atoms with Gasteiger partial charge in [0.1, 0.15) is 17.1 Å². The van der Waals surface area contributed by atoms with Crippen molar-refractivity contribution in [3.05, 3.63) is 78.3 Å². The van der Waals surface area contributed by atoms with E-state index in [-0.39, 0.29) is 5.96 Å². The maximum Gasteiger partial charge on any atom is 0.193 e. The second-order valence-corrected chi connectivity index (χ2v) is 6.80. The van der Waals surface area contributed by atoms with E-state index in [1.807, 2.05) is 67.7 Å². The largest absolute Gasteiger partial charge is 0.495 e. The maximum absolute atomic E-state index is 8.16. The molecule has 29 heavy (non-hydrogen) atoms. The molecule has 0 amide bonds. The predicted molar refractivity (Wildman–Crippen MR) is 115 cm³/mol. The number of anilines is 1. The van der Waals surface area contributed by atoms with Gasteiger partial charge in [0.05, 0.1) is 19.3 Å². The van der Waals surface area contributed by atoms with Gasteiger partial charge in [0.25, 0.3) is 0 Å². The number of guanidine groups is 1. The van der Waals surface area contributed by atoms with Crippen LogP contribution in [0.15, 0.2) is 71.4 Å². The van der Waals surface area contributed by atoms with E-state index < -0.39 is 0 Å². The van der Waals surface area contributed by atoms with Gasteiger partial charge in [0, 0.05) is 17.8 Å². The first kappa shape index (κ1) is 18.6. The number of methoxy groups -OCH3 is 1. The summed E-state index contributed by atoms with van der Waals surface area (Å²) in [4.78, 5) is 5.84. The van der Waals surface area contributed by atoms with Crippen LogP contribution < -0.4 is 15.4 Å². The number of aryl methyl sites for hydroxylation is 1. The summed E-state index contributed by atoms with van der Waals surface area (Å²) >= 11 is 0. The quantitative estimate of drug-likeness (QED) is 0.383. The number of nitrogens with zero attached hydrogens (tertiary/aromatic N) is 2. The Morgan fingerprint density at radius 2 is 2.00 bits per heavy atom. The molecule has 6 nitrogen and oxygen atoms in total. The van der Waals surface area contributed by atoms with Gasteiger partial charge >= 0.3 is 0 Å². The molecule has 0 unspecified atom stereocenters. The van der Waals surface area contributed by atoms with E-state index in [4.69, 9.17) is 20.3 Å². The number of hydrogen-bond donors (Lipinski definition) is 2. The summed E-state index contributed by atoms with van der Waals surface area (Å²) in [6, 6.07) is 17.6. The third kappa shape index (κ3) is 3.65. The monoisotopic (exact) mass is 386 g/mol. The van der Waals surface area contributed by atoms with Crippen molar-refractivity contribution in [2.45, 2.75) is 13.5 Å². The minimum absolute atomic E-state index is 0.0904. The fraction of sp³-hybridized carbons (Fsp3) is 0.130. The molecule has 0 fully saturated rings. The van der Waals surface area contributed by atoms with E-state index >= 15 is 0 Å². The normalized spacial score (nSPS) is 10.8. The lowest BCUT2D eigenvalue weighted by molar-refractivity contribution is 0.415. The number of furan rings is 1. The van der Waals surface area contributed by atoms with Crippen LogP contribution in [0.1, 0.15) is 11.3 Å². The second kappa shape index (κ2) is 7.67. The van der Waals surface area contributed by atoms with Crippen molar-refractivity contribution in [1.82, 2.24) is 4.98 Å². The minimum atomic E-state index is -0.0904. The van der Waals surface area contributed by atoms with Gasteiger partial charge in [-0.15, -0.1) is 0 Å². The molecule has 0 aliphatic heterocycles. The number of aromatic nitrogens is 1. The molecule has 0 aliphatic rings. The third-order valence-electron chi connectivity index (χ3n) is 4.88. The zero-order valence-corrected chi connectivity index (χ0v) is 16.3. The highest BCUT2D eigenvalue weighted by Crippen LogP contribution is 2.35. The van der Waals surface area contributed by atoms with Gasteiger partial charge in [-0.1, -0.05) is 24.3 Å². The van der Waals surface area contributed by atoms with E-state index in [1.165, 1.54) is 0 Å². The Bertz CT molecular complexity index is 1150. The van der Waals surface area contributed by atoms with Crippen LogP contribution in [0.4, 0.5) is 5.69 Å². The van der Waals surface area contributed by atoms with E-state index in [0.717, 1.165) is 27.7 Å². The van der Waals surface area contributed by atoms with Gasteiger partial charge in [0.2, 0.25) is 0 Å². The number of rotatable bonds is 5. The van der Waals surface area contributed by atoms with Crippen molar-refractivity contribution >= 4 is 22.6 Å². The summed E-state index contributed by atoms with van der Waals surface area (Å²) in [5, 5.41) is 9.17. The first-order chi connectivity index (χ1) is 14.1. The molecule has 0 saturated carbocycles. The van der Waals surface area contributed by atoms with Crippen LogP contribution in [0.2, 0.25) is 0 Å². The lowest BCUT2D eigenvalue weighted by Gasteiger charge is -2.24. The number of hydrogen-bond acceptors (Lipinski definition) is 4. The number of nitrogens with one attached hydrogen (secondary N) is 1. The summed E-state index contributed by atoms with van der Waals surface area (Å²) in [5.41, 5.74) is 10.6. The standard InChI is InChI=1S/C23H22N4O2/c1-15-13-26-10-9-19(15)16-7-8-22(28-2)20(12-16)27(23(24)25)14-18-11-17-5-3-4-6-21(17)29-18/h3-13H,14H2,1-2H3,(H3,24,25). The molecule has 4 aromatic rings. The lowest BCUT2D eigenvalue weighted by Crippen LogP contribution is -2.36. The summed E-state index contributed by atoms with van der Waals surface area (Å²) in [5.74, 6) is 1.26. The average Bonchev–Trinajstić information content (AvgIpc) is 3.14. The number of nitrogens with two attached hydrogens (primary N) is 1. The number of para-hydroxylation sites is 1. The molecule has 0 spiro atoms. The maximum atomic E-state index is 8.16. The molecule has 146 valence electrons. The summed E-state index contributed by atoms with van der Waals surface area (Å²) in [6.45, 7) is 2.34. The van der Waals surface area contributed by atoms with Crippen molar-refractivity contribution in [2.75, 3.05) is 12.0 Å². The van der Waals surface area contributed by atoms with Crippen molar-refractivity contribution in [2.24, 2.45) is 5.73 Å². The Kier molecular flexibility index (Phi) is 4.91. The molecule has 0 saturated heterocycles. The minimum Gasteiger partial charge on any atom is -0.495 e. The molecule has 3 N–H and O–H groups in total. The summed E-state index contributed by atoms with van der Waals surface area (Å²) in [7, 11) is 1.61. The first-order valence-corrected chi connectivity index (χ1v) is 9.25. The Labute approximate surface area is 169 Å². The zero-order chi connectivity index (χ0) is 20.4. The molecule has 0 radical (unpaired) electrons. The molecule has 4 rings (SSSR count). The highest BCUT2D eigenvalue weighted by Gasteiger charge is 2.19. The Morgan fingerprint density at radius 3 is 2.72 bits per heavy atom. The molecular weight excluding hydrogens is 364 g/mol. The van der Waals surface area contributed by atoms with Crippen LogP contribution in [-0.2, 0) is 6.54 Å². The molecular formula is C23H22N4O2. The number of ether oxygens (including phenoxy) is 1. The number of benzene rings is 2. The topological polar surface area (TPSA) is 88.4 Å². The predicted octanol–water partition coefficient (Wildman–Crippen LogP) is 4.71. The third-order valence-corrected chi connectivity index (χ3v) is 4.88. The average molecular weight is 386 g/mol. The van der Waals surface area contributed by atoms with Gasteiger partial charge in [-0.05, 0) is 53.9 Å². The SMILES string of the molecule is COc1ccc(-c2ccncc2C)cc1N(Cc1cc2ccccc2o1)C(=N)N. The van der Waals surface area contributed by atoms with Gasteiger partial charge in [0.15, 0.2) is 5.96 Å². The van der Waals surface area contributed by atoms with Gasteiger partial charge in [-0.3, -0.25) is 10.4 Å².